The first-order valence-corrected chi connectivity index (χ1v) is 14.1. The summed E-state index contributed by atoms with van der Waals surface area (Å²) in [6, 6.07) is 29.0. The average Bonchev–Trinajstić information content (AvgIpc) is 2.83. The molecule has 0 bridgehead atoms. The van der Waals surface area contributed by atoms with Gasteiger partial charge in [-0.1, -0.05) is 45.0 Å². The van der Waals surface area contributed by atoms with Crippen LogP contribution in [0, 0.1) is 0 Å². The van der Waals surface area contributed by atoms with Gasteiger partial charge in [-0.2, -0.15) is 0 Å². The van der Waals surface area contributed by atoms with Gasteiger partial charge in [-0.3, -0.25) is 0 Å². The second kappa shape index (κ2) is 10.5. The van der Waals surface area contributed by atoms with Crippen LogP contribution >= 0.6 is 0 Å². The van der Waals surface area contributed by atoms with Gasteiger partial charge in [0, 0.05) is 23.5 Å². The smallest absolute Gasteiger partial charge is 0.206 e. The molecule has 1 N–H and O–H groups in total. The Morgan fingerprint density at radius 1 is 0.605 bits per heavy atom. The van der Waals surface area contributed by atoms with Crippen LogP contribution in [0.3, 0.4) is 0 Å². The van der Waals surface area contributed by atoms with Gasteiger partial charge in [0.25, 0.3) is 0 Å². The summed E-state index contributed by atoms with van der Waals surface area (Å²) in [6.07, 6.45) is 0. The fraction of sp³-hybridized carbons (Fsp3) is 0.250. The van der Waals surface area contributed by atoms with Crippen LogP contribution in [0.2, 0.25) is 0 Å². The van der Waals surface area contributed by atoms with Crippen molar-refractivity contribution in [3.8, 4) is 17.2 Å². The summed E-state index contributed by atoms with van der Waals surface area (Å²) >= 11 is 0. The van der Waals surface area contributed by atoms with Crippen molar-refractivity contribution in [2.24, 2.45) is 0 Å². The molecule has 0 aromatic heterocycles. The zero-order valence-corrected chi connectivity index (χ0v) is 23.6. The maximum Gasteiger partial charge on any atom is 0.206 e. The fourth-order valence-corrected chi connectivity index (χ4v) is 5.15. The van der Waals surface area contributed by atoms with Crippen molar-refractivity contribution in [3.05, 3.63) is 103 Å². The van der Waals surface area contributed by atoms with Gasteiger partial charge in [-0.05, 0) is 92.4 Å². The summed E-state index contributed by atoms with van der Waals surface area (Å²) in [5, 5.41) is 3.38. The zero-order chi connectivity index (χ0) is 27.6. The first kappa shape index (κ1) is 27.3. The van der Waals surface area contributed by atoms with E-state index < -0.39 is 9.84 Å². The minimum Gasteiger partial charge on any atom is -0.488 e. The van der Waals surface area contributed by atoms with Crippen molar-refractivity contribution in [2.75, 3.05) is 5.32 Å². The lowest BCUT2D eigenvalue weighted by atomic mass is 9.87. The molecule has 0 aliphatic heterocycles. The Morgan fingerprint density at radius 3 is 1.63 bits per heavy atom. The maximum absolute atomic E-state index is 13.1. The van der Waals surface area contributed by atoms with E-state index in [0.29, 0.717) is 11.5 Å². The monoisotopic (exact) mass is 529 g/mol. The first-order chi connectivity index (χ1) is 17.8. The van der Waals surface area contributed by atoms with E-state index in [2.05, 4.69) is 26.1 Å². The molecular weight excluding hydrogens is 494 g/mol. The molecule has 4 aromatic carbocycles. The number of benzene rings is 4. The highest BCUT2D eigenvalue weighted by molar-refractivity contribution is 7.91. The minimum absolute atomic E-state index is 0.0428. The van der Waals surface area contributed by atoms with Crippen molar-refractivity contribution in [1.82, 2.24) is 0 Å². The number of hydrogen-bond donors (Lipinski definition) is 1. The fourth-order valence-electron chi connectivity index (χ4n) is 3.89. The third-order valence-electron chi connectivity index (χ3n) is 5.78. The van der Waals surface area contributed by atoms with E-state index in [-0.39, 0.29) is 20.8 Å². The van der Waals surface area contributed by atoms with E-state index in [9.17, 15) is 8.42 Å². The van der Waals surface area contributed by atoms with Crippen LogP contribution < -0.4 is 14.8 Å². The van der Waals surface area contributed by atoms with Gasteiger partial charge in [0.2, 0.25) is 9.84 Å². The van der Waals surface area contributed by atoms with E-state index in [0.717, 1.165) is 22.7 Å². The molecule has 38 heavy (non-hydrogen) atoms. The Bertz CT molecular complexity index is 1500. The van der Waals surface area contributed by atoms with Crippen LogP contribution in [-0.4, -0.2) is 14.0 Å². The topological polar surface area (TPSA) is 64.6 Å². The molecule has 0 spiro atoms. The highest BCUT2D eigenvalue weighted by atomic mass is 32.2. The summed E-state index contributed by atoms with van der Waals surface area (Å²) in [5.74, 6) is 1.96. The van der Waals surface area contributed by atoms with Crippen LogP contribution in [0.25, 0.3) is 0 Å². The number of nitrogens with one attached hydrogen (secondary N) is 1. The molecule has 198 valence electrons. The Kier molecular flexibility index (Phi) is 7.56. The molecule has 0 aliphatic rings. The maximum atomic E-state index is 13.1. The van der Waals surface area contributed by atoms with Crippen molar-refractivity contribution in [1.29, 1.82) is 0 Å². The summed E-state index contributed by atoms with van der Waals surface area (Å²) in [4.78, 5) is 0.496. The molecule has 0 radical (unpaired) electrons. The molecule has 0 aliphatic carbocycles. The Hall–Kier alpha value is -3.77. The second-order valence-electron chi connectivity index (χ2n) is 11.2. The van der Waals surface area contributed by atoms with Gasteiger partial charge in [0.05, 0.1) is 9.79 Å². The second-order valence-corrected chi connectivity index (χ2v) is 13.2. The highest BCUT2D eigenvalue weighted by Gasteiger charge is 2.20. The number of rotatable bonds is 7. The molecule has 4 rings (SSSR count). The molecule has 0 atom stereocenters. The standard InChI is InChI=1S/C32H35NO4S/c1-31(2,3)23-13-17-29(18-14-23)38(34,35)30-19-15-26(16-20-30)36-27-11-7-9-24(21-27)33-25-10-8-12-28(22-25)37-32(4,5)6/h7-22,33H,1-6H3. The third kappa shape index (κ3) is 6.95. The summed E-state index contributed by atoms with van der Waals surface area (Å²) < 4.78 is 38.2. The quantitative estimate of drug-likeness (QED) is 0.260. The van der Waals surface area contributed by atoms with Gasteiger partial charge >= 0.3 is 0 Å². The molecular formula is C32H35NO4S. The molecule has 0 saturated carbocycles. The number of ether oxygens (including phenoxy) is 2. The summed E-state index contributed by atoms with van der Waals surface area (Å²) in [5.41, 5.74) is 2.52. The average molecular weight is 530 g/mol. The molecule has 0 heterocycles. The van der Waals surface area contributed by atoms with Crippen LogP contribution in [0.15, 0.2) is 107 Å². The lowest BCUT2D eigenvalue weighted by molar-refractivity contribution is 0.131. The zero-order valence-electron chi connectivity index (χ0n) is 22.8. The van der Waals surface area contributed by atoms with Gasteiger partial charge in [-0.15, -0.1) is 0 Å². The molecule has 0 amide bonds. The van der Waals surface area contributed by atoms with Crippen LogP contribution in [0.1, 0.15) is 47.1 Å². The Balaban J connectivity index is 1.46. The van der Waals surface area contributed by atoms with Gasteiger partial charge in [0.1, 0.15) is 22.8 Å². The van der Waals surface area contributed by atoms with Gasteiger partial charge in [-0.25, -0.2) is 8.42 Å². The lowest BCUT2D eigenvalue weighted by Crippen LogP contribution is -2.22. The van der Waals surface area contributed by atoms with Crippen molar-refractivity contribution in [3.63, 3.8) is 0 Å². The van der Waals surface area contributed by atoms with Gasteiger partial charge in [0.15, 0.2) is 0 Å². The normalized spacial score (nSPS) is 12.2. The number of sulfone groups is 1. The third-order valence-corrected chi connectivity index (χ3v) is 7.57. The van der Waals surface area contributed by atoms with Crippen molar-refractivity contribution >= 4 is 21.2 Å². The molecule has 6 heteroatoms. The van der Waals surface area contributed by atoms with Crippen LogP contribution in [-0.2, 0) is 15.3 Å². The molecule has 0 fully saturated rings. The first-order valence-electron chi connectivity index (χ1n) is 12.6. The Labute approximate surface area is 226 Å². The largest absolute Gasteiger partial charge is 0.488 e. The molecule has 4 aromatic rings. The van der Waals surface area contributed by atoms with E-state index >= 15 is 0 Å². The van der Waals surface area contributed by atoms with E-state index in [1.807, 2.05) is 81.4 Å². The number of anilines is 2. The van der Waals surface area contributed by atoms with Crippen molar-refractivity contribution in [2.45, 2.75) is 62.3 Å². The SMILES string of the molecule is CC(C)(C)Oc1cccc(Nc2cccc(Oc3ccc(S(=O)(=O)c4ccc(C(C)(C)C)cc4)cc3)c2)c1. The van der Waals surface area contributed by atoms with E-state index in [4.69, 9.17) is 9.47 Å². The molecule has 0 saturated heterocycles. The minimum atomic E-state index is -3.62. The molecule has 0 unspecified atom stereocenters. The van der Waals surface area contributed by atoms with Gasteiger partial charge < -0.3 is 14.8 Å². The lowest BCUT2D eigenvalue weighted by Gasteiger charge is -2.21. The Morgan fingerprint density at radius 2 is 1.11 bits per heavy atom. The number of hydrogen-bond acceptors (Lipinski definition) is 5. The summed E-state index contributed by atoms with van der Waals surface area (Å²) in [6.45, 7) is 12.3. The van der Waals surface area contributed by atoms with E-state index in [1.54, 1.807) is 36.4 Å². The predicted molar refractivity (Wildman–Crippen MR) is 154 cm³/mol. The summed E-state index contributed by atoms with van der Waals surface area (Å²) in [7, 11) is -3.62. The van der Waals surface area contributed by atoms with Crippen LogP contribution in [0.4, 0.5) is 11.4 Å². The van der Waals surface area contributed by atoms with Crippen LogP contribution in [0.5, 0.6) is 17.2 Å². The highest BCUT2D eigenvalue weighted by Crippen LogP contribution is 2.30. The van der Waals surface area contributed by atoms with E-state index in [1.165, 1.54) is 0 Å². The van der Waals surface area contributed by atoms with Crippen molar-refractivity contribution < 1.29 is 17.9 Å². The predicted octanol–water partition coefficient (Wildman–Crippen LogP) is 8.53. The molecule has 5 nitrogen and oxygen atoms in total.